The van der Waals surface area contributed by atoms with Crippen LogP contribution in [0.1, 0.15) is 59.4 Å². The number of halogens is 1. The Morgan fingerprint density at radius 2 is 1.93 bits per heavy atom. The van der Waals surface area contributed by atoms with Gasteiger partial charge in [-0.05, 0) is 49.9 Å². The first-order chi connectivity index (χ1) is 21.1. The zero-order chi connectivity index (χ0) is 29.4. The Labute approximate surface area is 247 Å². The summed E-state index contributed by atoms with van der Waals surface area (Å²) in [6, 6.07) is 11.0. The van der Waals surface area contributed by atoms with E-state index in [2.05, 4.69) is 42.6 Å². The Kier molecular flexibility index (Phi) is 7.51. The molecule has 2 aliphatic rings. The lowest BCUT2D eigenvalue weighted by atomic mass is 9.83. The first-order valence-electron chi connectivity index (χ1n) is 14.6. The number of fused-ring (bicyclic) bond motifs is 3. The van der Waals surface area contributed by atoms with Crippen LogP contribution in [0.5, 0.6) is 0 Å². The number of H-pyrrole nitrogens is 2. The number of ether oxygens (including phenoxy) is 3. The second-order valence-electron chi connectivity index (χ2n) is 11.2. The number of aromatic amines is 2. The van der Waals surface area contributed by atoms with Gasteiger partial charge in [0.15, 0.2) is 5.54 Å². The highest BCUT2D eigenvalue weighted by Gasteiger charge is 2.49. The van der Waals surface area contributed by atoms with Crippen LogP contribution in [-0.4, -0.2) is 70.3 Å². The molecule has 0 saturated carbocycles. The van der Waals surface area contributed by atoms with E-state index in [0.717, 1.165) is 35.0 Å². The largest absolute Gasteiger partial charge is 0.422 e. The van der Waals surface area contributed by atoms with Gasteiger partial charge >= 0.3 is 0 Å². The van der Waals surface area contributed by atoms with Gasteiger partial charge in [0.25, 0.3) is 0 Å². The van der Waals surface area contributed by atoms with Gasteiger partial charge in [-0.15, -0.1) is 10.2 Å². The zero-order valence-corrected chi connectivity index (χ0v) is 24.2. The number of aromatic nitrogens is 6. The number of pyridine rings is 1. The Morgan fingerprint density at radius 3 is 2.77 bits per heavy atom. The van der Waals surface area contributed by atoms with Gasteiger partial charge in [0.2, 0.25) is 11.8 Å². The molecule has 0 amide bonds. The fourth-order valence-electron chi connectivity index (χ4n) is 6.13. The highest BCUT2D eigenvalue weighted by atomic mass is 19.1. The SMILES string of the molecule is COCCOCC1(c2nnc(C3CCOCC3)o2)N[C@@H](c2ncc(-c3ccc(F)c(C)n3)[nH]2)Cc2c1[nH]c1ccccc21. The summed E-state index contributed by atoms with van der Waals surface area (Å²) >= 11 is 0. The van der Waals surface area contributed by atoms with Crippen molar-refractivity contribution in [2.45, 2.75) is 43.7 Å². The molecule has 1 saturated heterocycles. The molecule has 1 unspecified atom stereocenters. The van der Waals surface area contributed by atoms with Gasteiger partial charge in [-0.3, -0.25) is 5.32 Å². The Morgan fingerprint density at radius 1 is 1.07 bits per heavy atom. The van der Waals surface area contributed by atoms with Crippen molar-refractivity contribution in [2.75, 3.05) is 40.1 Å². The first kappa shape index (κ1) is 27.8. The Balaban J connectivity index is 1.33. The lowest BCUT2D eigenvalue weighted by Crippen LogP contribution is -2.53. The third-order valence-electron chi connectivity index (χ3n) is 8.42. The lowest BCUT2D eigenvalue weighted by molar-refractivity contribution is 0.0263. The van der Waals surface area contributed by atoms with E-state index in [0.29, 0.717) is 67.5 Å². The van der Waals surface area contributed by atoms with E-state index < -0.39 is 5.54 Å². The topological polar surface area (TPSA) is 136 Å². The number of methoxy groups -OCH3 is 1. The van der Waals surface area contributed by atoms with Crippen LogP contribution in [0.15, 0.2) is 47.0 Å². The van der Waals surface area contributed by atoms with E-state index in [1.165, 1.54) is 6.07 Å². The van der Waals surface area contributed by atoms with Crippen molar-refractivity contribution < 1.29 is 23.0 Å². The second kappa shape index (κ2) is 11.6. The number of nitrogens with zero attached hydrogens (tertiary/aromatic N) is 4. The van der Waals surface area contributed by atoms with E-state index >= 15 is 0 Å². The summed E-state index contributed by atoms with van der Waals surface area (Å²) < 4.78 is 37.5. The molecular formula is C31H34FN7O4. The molecule has 0 aliphatic carbocycles. The minimum Gasteiger partial charge on any atom is -0.422 e. The summed E-state index contributed by atoms with van der Waals surface area (Å²) in [6.45, 7) is 4.04. The van der Waals surface area contributed by atoms with Gasteiger partial charge in [-0.2, -0.15) is 0 Å². The third kappa shape index (κ3) is 5.14. The standard InChI is InChI=1S/C31H34FN7O4/c1-18-22(32)7-8-24(34-18)26-16-33-28(36-26)25-15-21-20-5-3-4-6-23(20)35-27(21)31(37-25,17-42-14-13-40-2)30-39-38-29(43-30)19-9-11-41-12-10-19/h3-8,16,19,25,35,37H,9-15,17H2,1-2H3,(H,33,36)/t25-,31?/m1/s1. The van der Waals surface area contributed by atoms with E-state index in [9.17, 15) is 4.39 Å². The maximum Gasteiger partial charge on any atom is 0.245 e. The highest BCUT2D eigenvalue weighted by molar-refractivity contribution is 5.85. The number of rotatable bonds is 9. The van der Waals surface area contributed by atoms with E-state index in [4.69, 9.17) is 23.6 Å². The molecule has 12 heteroatoms. The maximum absolute atomic E-state index is 13.9. The molecule has 0 bridgehead atoms. The number of hydrogen-bond donors (Lipinski definition) is 3. The number of para-hydroxylation sites is 1. The molecule has 7 rings (SSSR count). The van der Waals surface area contributed by atoms with Crippen molar-refractivity contribution in [3.63, 3.8) is 0 Å². The molecule has 1 aromatic carbocycles. The van der Waals surface area contributed by atoms with E-state index in [1.54, 1.807) is 26.3 Å². The molecular weight excluding hydrogens is 553 g/mol. The molecule has 4 aromatic heterocycles. The van der Waals surface area contributed by atoms with Crippen LogP contribution >= 0.6 is 0 Å². The summed E-state index contributed by atoms with van der Waals surface area (Å²) in [4.78, 5) is 16.2. The normalized spacial score (nSPS) is 21.0. The molecule has 0 radical (unpaired) electrons. The molecule has 2 aliphatic heterocycles. The maximum atomic E-state index is 13.9. The number of nitrogens with one attached hydrogen (secondary N) is 3. The highest BCUT2D eigenvalue weighted by Crippen LogP contribution is 2.43. The van der Waals surface area contributed by atoms with Gasteiger partial charge < -0.3 is 28.6 Å². The van der Waals surface area contributed by atoms with Gasteiger partial charge in [0, 0.05) is 37.1 Å². The van der Waals surface area contributed by atoms with Crippen LogP contribution in [0.25, 0.3) is 22.3 Å². The van der Waals surface area contributed by atoms with Crippen molar-refractivity contribution >= 4 is 10.9 Å². The van der Waals surface area contributed by atoms with E-state index in [-0.39, 0.29) is 24.4 Å². The lowest BCUT2D eigenvalue weighted by Gasteiger charge is -2.39. The average molecular weight is 588 g/mol. The van der Waals surface area contributed by atoms with Crippen molar-refractivity contribution in [1.29, 1.82) is 0 Å². The Bertz CT molecular complexity index is 1730. The van der Waals surface area contributed by atoms with Gasteiger partial charge in [-0.1, -0.05) is 18.2 Å². The van der Waals surface area contributed by atoms with Crippen molar-refractivity contribution in [3.05, 3.63) is 83.0 Å². The summed E-state index contributed by atoms with van der Waals surface area (Å²) in [5.74, 6) is 1.53. The molecule has 5 aromatic rings. The molecule has 6 heterocycles. The second-order valence-corrected chi connectivity index (χ2v) is 11.2. The summed E-state index contributed by atoms with van der Waals surface area (Å²) in [5.41, 5.74) is 3.70. The molecule has 43 heavy (non-hydrogen) atoms. The van der Waals surface area contributed by atoms with Crippen LogP contribution in [-0.2, 0) is 26.2 Å². The molecule has 3 N–H and O–H groups in total. The zero-order valence-electron chi connectivity index (χ0n) is 24.2. The number of hydrogen-bond acceptors (Lipinski definition) is 9. The summed E-state index contributed by atoms with van der Waals surface area (Å²) in [5, 5.41) is 14.1. The number of imidazole rings is 1. The molecule has 224 valence electrons. The predicted molar refractivity (Wildman–Crippen MR) is 155 cm³/mol. The minimum atomic E-state index is -1.00. The summed E-state index contributed by atoms with van der Waals surface area (Å²) in [7, 11) is 1.65. The van der Waals surface area contributed by atoms with Crippen molar-refractivity contribution in [1.82, 2.24) is 35.5 Å². The summed E-state index contributed by atoms with van der Waals surface area (Å²) in [6.07, 6.45) is 4.04. The van der Waals surface area contributed by atoms with Crippen LogP contribution in [0, 0.1) is 12.7 Å². The first-order valence-corrected chi connectivity index (χ1v) is 14.6. The minimum absolute atomic E-state index is 0.141. The fourth-order valence-corrected chi connectivity index (χ4v) is 6.13. The van der Waals surface area contributed by atoms with Gasteiger partial charge in [-0.25, -0.2) is 14.4 Å². The average Bonchev–Trinajstić information content (AvgIpc) is 3.81. The van der Waals surface area contributed by atoms with Gasteiger partial charge in [0.1, 0.15) is 11.6 Å². The molecule has 11 nitrogen and oxygen atoms in total. The van der Waals surface area contributed by atoms with E-state index in [1.807, 2.05) is 12.1 Å². The van der Waals surface area contributed by atoms with Crippen LogP contribution in [0.2, 0.25) is 0 Å². The van der Waals surface area contributed by atoms with Crippen molar-refractivity contribution in [3.8, 4) is 11.4 Å². The molecule has 0 spiro atoms. The quantitative estimate of drug-likeness (QED) is 0.213. The van der Waals surface area contributed by atoms with Crippen LogP contribution in [0.3, 0.4) is 0 Å². The number of benzene rings is 1. The molecule has 2 atom stereocenters. The fraction of sp³-hybridized carbons (Fsp3) is 0.419. The smallest absolute Gasteiger partial charge is 0.245 e. The number of aryl methyl sites for hydroxylation is 1. The van der Waals surface area contributed by atoms with Crippen LogP contribution < -0.4 is 5.32 Å². The molecule has 1 fully saturated rings. The predicted octanol–water partition coefficient (Wildman–Crippen LogP) is 4.47. The monoisotopic (exact) mass is 587 g/mol. The van der Waals surface area contributed by atoms with Gasteiger partial charge in [0.05, 0.1) is 54.8 Å². The van der Waals surface area contributed by atoms with Crippen molar-refractivity contribution in [2.24, 2.45) is 0 Å². The third-order valence-corrected chi connectivity index (χ3v) is 8.42. The van der Waals surface area contributed by atoms with Crippen LogP contribution in [0.4, 0.5) is 4.39 Å². The Hall–Kier alpha value is -3.97.